The summed E-state index contributed by atoms with van der Waals surface area (Å²) in [6.07, 6.45) is 16.3. The Morgan fingerprint density at radius 1 is 0.912 bits per heavy atom. The second-order valence-corrected chi connectivity index (χ2v) is 10.6. The fraction of sp³-hybridized carbons (Fsp3) is 0.893. The smallest absolute Gasteiger partial charge is 0.329 e. The van der Waals surface area contributed by atoms with E-state index in [0.29, 0.717) is 0 Å². The molecule has 34 heavy (non-hydrogen) atoms. The molecule has 2 N–H and O–H groups in total. The lowest BCUT2D eigenvalue weighted by molar-refractivity contribution is -0.157. The maximum Gasteiger partial charge on any atom is 0.329 e. The van der Waals surface area contributed by atoms with Crippen LogP contribution in [0.1, 0.15) is 111 Å². The molecule has 0 amide bonds. The molecule has 5 atom stereocenters. The molecule has 5 unspecified atom stereocenters. The molecular formula is C28H51NO5. The zero-order valence-electron chi connectivity index (χ0n) is 22.1. The Hall–Kier alpha value is -1.11. The summed E-state index contributed by atoms with van der Waals surface area (Å²) in [4.78, 5) is 12.8. The van der Waals surface area contributed by atoms with Crippen LogP contribution in [-0.4, -0.2) is 54.7 Å². The minimum Gasteiger partial charge on any atom is -0.455 e. The van der Waals surface area contributed by atoms with Gasteiger partial charge in [0.25, 0.3) is 0 Å². The third-order valence-electron chi connectivity index (χ3n) is 7.11. The first-order valence-electron chi connectivity index (χ1n) is 14.0. The average Bonchev–Trinajstić information content (AvgIpc) is 3.38. The minimum absolute atomic E-state index is 0.0732. The predicted octanol–water partition coefficient (Wildman–Crippen LogP) is 5.67. The summed E-state index contributed by atoms with van der Waals surface area (Å²) in [6, 6.07) is -0.445. The van der Waals surface area contributed by atoms with E-state index < -0.39 is 24.4 Å². The minimum atomic E-state index is -0.646. The number of unbranched alkanes of at least 4 members (excludes halogenated alkanes) is 12. The van der Waals surface area contributed by atoms with E-state index in [1.807, 2.05) is 13.8 Å². The van der Waals surface area contributed by atoms with Gasteiger partial charge in [-0.15, -0.1) is 0 Å². The van der Waals surface area contributed by atoms with Crippen molar-refractivity contribution in [1.29, 1.82) is 0 Å². The van der Waals surface area contributed by atoms with Crippen LogP contribution in [0.2, 0.25) is 0 Å². The summed E-state index contributed by atoms with van der Waals surface area (Å²) in [5.74, 6) is -0.232. The van der Waals surface area contributed by atoms with Crippen molar-refractivity contribution in [2.24, 2.45) is 5.92 Å². The zero-order valence-corrected chi connectivity index (χ0v) is 22.1. The summed E-state index contributed by atoms with van der Waals surface area (Å²) in [6.45, 7) is 10.9. The van der Waals surface area contributed by atoms with E-state index in [1.165, 1.54) is 77.0 Å². The van der Waals surface area contributed by atoms with Crippen molar-refractivity contribution >= 4 is 5.97 Å². The highest BCUT2D eigenvalue weighted by Crippen LogP contribution is 2.29. The number of ether oxygens (including phenoxy) is 3. The Bertz CT molecular complexity index is 581. The van der Waals surface area contributed by atoms with E-state index in [4.69, 9.17) is 14.2 Å². The molecule has 2 aliphatic heterocycles. The van der Waals surface area contributed by atoms with Gasteiger partial charge in [-0.1, -0.05) is 104 Å². The number of fused-ring (bicyclic) bond motifs is 1. The number of allylic oxidation sites excluding steroid dienone is 1. The first-order chi connectivity index (χ1) is 16.4. The van der Waals surface area contributed by atoms with Crippen molar-refractivity contribution in [2.75, 3.05) is 13.2 Å². The Kier molecular flexibility index (Phi) is 14.2. The Morgan fingerprint density at radius 2 is 1.44 bits per heavy atom. The average molecular weight is 482 g/mol. The van der Waals surface area contributed by atoms with Gasteiger partial charge in [0, 0.05) is 5.70 Å². The molecule has 2 saturated heterocycles. The fourth-order valence-corrected chi connectivity index (χ4v) is 4.91. The summed E-state index contributed by atoms with van der Waals surface area (Å²) < 4.78 is 16.8. The predicted molar refractivity (Wildman–Crippen MR) is 137 cm³/mol. The largest absolute Gasteiger partial charge is 0.455 e. The SMILES string of the molecule is C=C(CCCCCCCCCCCCCCC)NC(C(=O)OC1COC2C(O)COC12)C(C)C. The molecule has 6 heteroatoms. The molecular weight excluding hydrogens is 430 g/mol. The van der Waals surface area contributed by atoms with Crippen LogP contribution in [0.5, 0.6) is 0 Å². The van der Waals surface area contributed by atoms with Crippen LogP contribution in [-0.2, 0) is 19.0 Å². The van der Waals surface area contributed by atoms with Crippen molar-refractivity contribution in [2.45, 2.75) is 141 Å². The molecule has 0 aromatic heterocycles. The molecule has 0 aliphatic carbocycles. The number of carbonyl (C=O) groups excluding carboxylic acids is 1. The molecule has 0 saturated carbocycles. The van der Waals surface area contributed by atoms with Gasteiger partial charge in [-0.25, -0.2) is 4.79 Å². The van der Waals surface area contributed by atoms with Crippen LogP contribution in [0.25, 0.3) is 0 Å². The van der Waals surface area contributed by atoms with Gasteiger partial charge in [0.2, 0.25) is 0 Å². The highest BCUT2D eigenvalue weighted by molar-refractivity contribution is 5.76. The van der Waals surface area contributed by atoms with Gasteiger partial charge in [0.05, 0.1) is 13.2 Å². The van der Waals surface area contributed by atoms with Crippen LogP contribution >= 0.6 is 0 Å². The molecule has 2 heterocycles. The van der Waals surface area contributed by atoms with Crippen LogP contribution in [0.15, 0.2) is 12.3 Å². The molecule has 0 bridgehead atoms. The Balaban J connectivity index is 1.52. The number of hydrogen-bond acceptors (Lipinski definition) is 6. The molecule has 2 aliphatic rings. The maximum atomic E-state index is 12.8. The molecule has 198 valence electrons. The third-order valence-corrected chi connectivity index (χ3v) is 7.11. The van der Waals surface area contributed by atoms with Crippen molar-refractivity contribution in [1.82, 2.24) is 5.32 Å². The molecule has 0 aromatic carbocycles. The second-order valence-electron chi connectivity index (χ2n) is 10.6. The summed E-state index contributed by atoms with van der Waals surface area (Å²) >= 11 is 0. The Morgan fingerprint density at radius 3 is 2.00 bits per heavy atom. The highest BCUT2D eigenvalue weighted by Gasteiger charge is 2.49. The van der Waals surface area contributed by atoms with E-state index in [1.54, 1.807) is 0 Å². The number of aliphatic hydroxyl groups is 1. The van der Waals surface area contributed by atoms with E-state index in [-0.39, 0.29) is 31.2 Å². The van der Waals surface area contributed by atoms with Crippen LogP contribution < -0.4 is 5.32 Å². The topological polar surface area (TPSA) is 77.0 Å². The van der Waals surface area contributed by atoms with Gasteiger partial charge >= 0.3 is 5.97 Å². The number of nitrogens with one attached hydrogen (secondary N) is 1. The summed E-state index contributed by atoms with van der Waals surface area (Å²) in [5.41, 5.74) is 0.895. The maximum absolute atomic E-state index is 12.8. The number of esters is 1. The van der Waals surface area contributed by atoms with Gasteiger partial charge in [0.1, 0.15) is 24.4 Å². The highest BCUT2D eigenvalue weighted by atomic mass is 16.6. The third kappa shape index (κ3) is 10.2. The van der Waals surface area contributed by atoms with E-state index >= 15 is 0 Å². The molecule has 0 spiro atoms. The van der Waals surface area contributed by atoms with E-state index in [0.717, 1.165) is 18.5 Å². The van der Waals surface area contributed by atoms with Crippen LogP contribution in [0.4, 0.5) is 0 Å². The van der Waals surface area contributed by atoms with Crippen molar-refractivity contribution in [3.8, 4) is 0 Å². The molecule has 2 fully saturated rings. The number of aliphatic hydroxyl groups excluding tert-OH is 1. The Labute approximate surface area is 208 Å². The lowest BCUT2D eigenvalue weighted by Gasteiger charge is -2.25. The lowest BCUT2D eigenvalue weighted by Crippen LogP contribution is -2.45. The quantitative estimate of drug-likeness (QED) is 0.183. The summed E-state index contributed by atoms with van der Waals surface area (Å²) in [7, 11) is 0. The van der Waals surface area contributed by atoms with Crippen LogP contribution in [0.3, 0.4) is 0 Å². The van der Waals surface area contributed by atoms with Crippen molar-refractivity contribution in [3.05, 3.63) is 12.3 Å². The van der Waals surface area contributed by atoms with Crippen molar-refractivity contribution in [3.63, 3.8) is 0 Å². The van der Waals surface area contributed by atoms with Gasteiger partial charge in [-0.3, -0.25) is 0 Å². The van der Waals surface area contributed by atoms with Gasteiger partial charge in [-0.2, -0.15) is 0 Å². The first kappa shape index (κ1) is 29.1. The van der Waals surface area contributed by atoms with Gasteiger partial charge < -0.3 is 24.6 Å². The fourth-order valence-electron chi connectivity index (χ4n) is 4.91. The molecule has 2 rings (SSSR count). The normalized spacial score (nSPS) is 24.9. The number of rotatable bonds is 19. The monoisotopic (exact) mass is 481 g/mol. The molecule has 6 nitrogen and oxygen atoms in total. The number of hydrogen-bond donors (Lipinski definition) is 2. The number of carbonyl (C=O) groups is 1. The zero-order chi connectivity index (χ0) is 24.8. The lowest BCUT2D eigenvalue weighted by atomic mass is 10.0. The van der Waals surface area contributed by atoms with Crippen LogP contribution in [0, 0.1) is 5.92 Å². The van der Waals surface area contributed by atoms with E-state index in [9.17, 15) is 9.90 Å². The van der Waals surface area contributed by atoms with Gasteiger partial charge in [-0.05, 0) is 18.8 Å². The second kappa shape index (κ2) is 16.5. The summed E-state index contributed by atoms with van der Waals surface area (Å²) in [5, 5.41) is 13.2. The standard InChI is InChI=1S/C28H51NO5/c1-5-6-7-8-9-10-11-12-13-14-15-16-17-18-22(4)29-25(21(2)3)28(31)34-24-20-33-26-23(30)19-32-27(24)26/h21,23-27,29-30H,4-20H2,1-3H3. The van der Waals surface area contributed by atoms with E-state index in [2.05, 4.69) is 18.8 Å². The van der Waals surface area contributed by atoms with Crippen molar-refractivity contribution < 1.29 is 24.1 Å². The van der Waals surface area contributed by atoms with Gasteiger partial charge in [0.15, 0.2) is 6.10 Å². The molecule has 0 radical (unpaired) electrons. The first-order valence-corrected chi connectivity index (χ1v) is 14.0. The molecule has 0 aromatic rings.